The molecule has 0 bridgehead atoms. The van der Waals surface area contributed by atoms with E-state index in [-0.39, 0.29) is 0 Å². The van der Waals surface area contributed by atoms with Gasteiger partial charge in [-0.15, -0.1) is 11.6 Å². The van der Waals surface area contributed by atoms with Gasteiger partial charge in [0.2, 0.25) is 0 Å². The molecule has 0 amide bonds. The molecule has 0 spiro atoms. The number of halogens is 1. The molecule has 0 fully saturated rings. The van der Waals surface area contributed by atoms with Crippen LogP contribution in [0.2, 0.25) is 0 Å². The summed E-state index contributed by atoms with van der Waals surface area (Å²) in [6.45, 7) is 0. The van der Waals surface area contributed by atoms with Crippen molar-refractivity contribution in [3.63, 3.8) is 0 Å². The lowest BCUT2D eigenvalue weighted by Crippen LogP contribution is -2.18. The molecule has 0 saturated carbocycles. The summed E-state index contributed by atoms with van der Waals surface area (Å²) in [6, 6.07) is 0. The fourth-order valence-electron chi connectivity index (χ4n) is 1.93. The van der Waals surface area contributed by atoms with Crippen LogP contribution in [0.25, 0.3) is 0 Å². The Morgan fingerprint density at radius 1 is 0.846 bits per heavy atom. The van der Waals surface area contributed by atoms with E-state index >= 15 is 0 Å². The third kappa shape index (κ3) is 1.78. The van der Waals surface area contributed by atoms with Crippen LogP contribution >= 0.6 is 11.6 Å². The van der Waals surface area contributed by atoms with Gasteiger partial charge in [-0.1, -0.05) is 48.6 Å². The second-order valence-corrected chi connectivity index (χ2v) is 3.82. The molecule has 2 rings (SSSR count). The van der Waals surface area contributed by atoms with Crippen LogP contribution < -0.4 is 0 Å². The summed E-state index contributed by atoms with van der Waals surface area (Å²) in [4.78, 5) is 0. The van der Waals surface area contributed by atoms with Gasteiger partial charge in [0.15, 0.2) is 0 Å². The van der Waals surface area contributed by atoms with Crippen LogP contribution in [-0.4, -0.2) is 5.88 Å². The lowest BCUT2D eigenvalue weighted by molar-refractivity contribution is 0.442. The summed E-state index contributed by atoms with van der Waals surface area (Å²) in [7, 11) is 0. The summed E-state index contributed by atoms with van der Waals surface area (Å²) in [6.07, 6.45) is 17.3. The fourth-order valence-corrected chi connectivity index (χ4v) is 2.34. The Morgan fingerprint density at radius 3 is 1.54 bits per heavy atom. The van der Waals surface area contributed by atoms with Crippen LogP contribution in [-0.2, 0) is 0 Å². The van der Waals surface area contributed by atoms with Crippen molar-refractivity contribution in [3.8, 4) is 0 Å². The first-order chi connectivity index (χ1) is 6.42. The zero-order valence-corrected chi connectivity index (χ0v) is 8.19. The van der Waals surface area contributed by atoms with Crippen molar-refractivity contribution < 1.29 is 0 Å². The lowest BCUT2D eigenvalue weighted by atomic mass is 9.84. The number of alkyl halides is 1. The highest BCUT2D eigenvalue weighted by Crippen LogP contribution is 2.31. The maximum Gasteiger partial charge on any atom is 0.0269 e. The van der Waals surface area contributed by atoms with Crippen molar-refractivity contribution in [1.29, 1.82) is 0 Å². The Balaban J connectivity index is 2.08. The molecule has 0 nitrogen and oxygen atoms in total. The van der Waals surface area contributed by atoms with E-state index in [1.165, 1.54) is 0 Å². The highest BCUT2D eigenvalue weighted by atomic mass is 35.5. The van der Waals surface area contributed by atoms with E-state index in [1.54, 1.807) is 0 Å². The highest BCUT2D eigenvalue weighted by molar-refractivity contribution is 6.18. The highest BCUT2D eigenvalue weighted by Gasteiger charge is 2.24. The average molecular weight is 193 g/mol. The van der Waals surface area contributed by atoms with Gasteiger partial charge in [0.05, 0.1) is 0 Å². The zero-order chi connectivity index (χ0) is 9.10. The second kappa shape index (κ2) is 3.97. The van der Waals surface area contributed by atoms with E-state index in [2.05, 4.69) is 48.6 Å². The van der Waals surface area contributed by atoms with E-state index < -0.39 is 0 Å². The number of hydrogen-bond acceptors (Lipinski definition) is 0. The first-order valence-corrected chi connectivity index (χ1v) is 5.21. The molecule has 1 heteroatoms. The minimum atomic E-state index is 0.520. The van der Waals surface area contributed by atoms with Gasteiger partial charge >= 0.3 is 0 Å². The van der Waals surface area contributed by atoms with Gasteiger partial charge < -0.3 is 0 Å². The topological polar surface area (TPSA) is 0 Å². The molecule has 0 radical (unpaired) electrons. The predicted octanol–water partition coefficient (Wildman–Crippen LogP) is 3.33. The standard InChI is InChI=1S/C12H13Cl/c13-9-12(10-5-1-2-6-10)11-7-3-4-8-11/h1-8,10-12H,9H2. The van der Waals surface area contributed by atoms with Crippen molar-refractivity contribution in [2.75, 3.05) is 5.88 Å². The van der Waals surface area contributed by atoms with E-state index in [4.69, 9.17) is 11.6 Å². The molecule has 0 atom stereocenters. The average Bonchev–Trinajstić information content (AvgIpc) is 2.76. The van der Waals surface area contributed by atoms with Crippen LogP contribution in [0.1, 0.15) is 0 Å². The number of allylic oxidation sites excluding steroid dienone is 8. The summed E-state index contributed by atoms with van der Waals surface area (Å²) >= 11 is 5.99. The molecule has 0 aromatic rings. The van der Waals surface area contributed by atoms with Gasteiger partial charge in [-0.3, -0.25) is 0 Å². The molecule has 0 aromatic carbocycles. The van der Waals surface area contributed by atoms with Crippen LogP contribution in [0.5, 0.6) is 0 Å². The van der Waals surface area contributed by atoms with Gasteiger partial charge in [-0.25, -0.2) is 0 Å². The molecule has 2 aliphatic rings. The molecular weight excluding hydrogens is 180 g/mol. The van der Waals surface area contributed by atoms with E-state index in [0.717, 1.165) is 5.88 Å². The van der Waals surface area contributed by atoms with Gasteiger partial charge in [0.25, 0.3) is 0 Å². The van der Waals surface area contributed by atoms with Gasteiger partial charge in [-0.05, 0) is 5.92 Å². The lowest BCUT2D eigenvalue weighted by Gasteiger charge is -2.22. The Kier molecular flexibility index (Phi) is 2.70. The van der Waals surface area contributed by atoms with E-state index in [9.17, 15) is 0 Å². The molecule has 0 N–H and O–H groups in total. The van der Waals surface area contributed by atoms with Crippen LogP contribution in [0.4, 0.5) is 0 Å². The molecule has 2 aliphatic carbocycles. The van der Waals surface area contributed by atoms with Crippen molar-refractivity contribution in [2.24, 2.45) is 17.8 Å². The Labute approximate surface area is 84.3 Å². The molecule has 0 heterocycles. The molecule has 0 aliphatic heterocycles. The van der Waals surface area contributed by atoms with Crippen LogP contribution in [0, 0.1) is 17.8 Å². The largest absolute Gasteiger partial charge is 0.126 e. The van der Waals surface area contributed by atoms with Crippen molar-refractivity contribution in [1.82, 2.24) is 0 Å². The fraction of sp³-hybridized carbons (Fsp3) is 0.333. The molecule has 0 saturated heterocycles. The van der Waals surface area contributed by atoms with Crippen LogP contribution in [0.15, 0.2) is 48.6 Å². The van der Waals surface area contributed by atoms with Crippen LogP contribution in [0.3, 0.4) is 0 Å². The van der Waals surface area contributed by atoms with Crippen molar-refractivity contribution >= 4 is 11.6 Å². The first kappa shape index (κ1) is 8.83. The summed E-state index contributed by atoms with van der Waals surface area (Å²) in [5.74, 6) is 2.29. The Bertz CT molecular complexity index is 231. The van der Waals surface area contributed by atoms with Gasteiger partial charge in [0.1, 0.15) is 0 Å². The molecule has 0 aromatic heterocycles. The smallest absolute Gasteiger partial charge is 0.0269 e. The molecule has 68 valence electrons. The molecular formula is C12H13Cl. The third-order valence-electron chi connectivity index (χ3n) is 2.72. The first-order valence-electron chi connectivity index (χ1n) is 4.68. The molecule has 13 heavy (non-hydrogen) atoms. The second-order valence-electron chi connectivity index (χ2n) is 3.51. The van der Waals surface area contributed by atoms with E-state index in [1.807, 2.05) is 0 Å². The maximum absolute atomic E-state index is 5.99. The SMILES string of the molecule is ClCC(C1C=CC=C1)C1C=CC=C1. The monoisotopic (exact) mass is 192 g/mol. The Morgan fingerprint density at radius 2 is 1.23 bits per heavy atom. The number of hydrogen-bond donors (Lipinski definition) is 0. The normalized spacial score (nSPS) is 21.4. The summed E-state index contributed by atoms with van der Waals surface area (Å²) in [5.41, 5.74) is 0. The maximum atomic E-state index is 5.99. The predicted molar refractivity (Wildman–Crippen MR) is 57.8 cm³/mol. The summed E-state index contributed by atoms with van der Waals surface area (Å²) in [5, 5.41) is 0. The Hall–Kier alpha value is -0.750. The minimum Gasteiger partial charge on any atom is -0.126 e. The van der Waals surface area contributed by atoms with E-state index in [0.29, 0.717) is 17.8 Å². The minimum absolute atomic E-state index is 0.520. The quantitative estimate of drug-likeness (QED) is 0.602. The van der Waals surface area contributed by atoms with Gasteiger partial charge in [-0.2, -0.15) is 0 Å². The number of rotatable bonds is 3. The van der Waals surface area contributed by atoms with Gasteiger partial charge in [0, 0.05) is 17.7 Å². The summed E-state index contributed by atoms with van der Waals surface area (Å²) < 4.78 is 0. The molecule has 0 unspecified atom stereocenters. The zero-order valence-electron chi connectivity index (χ0n) is 7.44. The third-order valence-corrected chi connectivity index (χ3v) is 3.08. The van der Waals surface area contributed by atoms with Crippen molar-refractivity contribution in [3.05, 3.63) is 48.6 Å². The van der Waals surface area contributed by atoms with Crippen molar-refractivity contribution in [2.45, 2.75) is 0 Å².